The molecule has 0 N–H and O–H groups in total. The van der Waals surface area contributed by atoms with Gasteiger partial charge in [0.1, 0.15) is 0 Å². The average Bonchev–Trinajstić information content (AvgIpc) is 2.16. The molecule has 15 heavy (non-hydrogen) atoms. The van der Waals surface area contributed by atoms with Crippen LogP contribution in [0.3, 0.4) is 0 Å². The van der Waals surface area contributed by atoms with Crippen LogP contribution in [0.2, 0.25) is 0 Å². The molecule has 0 aromatic rings. The Morgan fingerprint density at radius 2 is 2.00 bits per heavy atom. The van der Waals surface area contributed by atoms with Crippen molar-refractivity contribution in [1.82, 2.24) is 0 Å². The summed E-state index contributed by atoms with van der Waals surface area (Å²) in [6.07, 6.45) is 5.23. The van der Waals surface area contributed by atoms with Gasteiger partial charge >= 0.3 is 0 Å². The molecule has 1 saturated heterocycles. The first-order chi connectivity index (χ1) is 6.87. The summed E-state index contributed by atoms with van der Waals surface area (Å²) in [5.74, 6) is 0.817. The fourth-order valence-corrected chi connectivity index (χ4v) is 2.42. The van der Waals surface area contributed by atoms with Crippen molar-refractivity contribution in [1.29, 1.82) is 0 Å². The Morgan fingerprint density at radius 1 is 1.33 bits per heavy atom. The van der Waals surface area contributed by atoms with E-state index in [4.69, 9.17) is 4.74 Å². The van der Waals surface area contributed by atoms with Crippen molar-refractivity contribution < 1.29 is 4.74 Å². The minimum absolute atomic E-state index is 0.389. The van der Waals surface area contributed by atoms with Gasteiger partial charge in [-0.05, 0) is 36.0 Å². The molecule has 0 aliphatic carbocycles. The summed E-state index contributed by atoms with van der Waals surface area (Å²) in [6, 6.07) is 0. The van der Waals surface area contributed by atoms with Gasteiger partial charge in [-0.15, -0.1) is 0 Å². The molecule has 1 nitrogen and oxygen atoms in total. The Hall–Kier alpha value is -0.0400. The van der Waals surface area contributed by atoms with Crippen molar-refractivity contribution in [3.05, 3.63) is 0 Å². The third-order valence-corrected chi connectivity index (χ3v) is 4.42. The van der Waals surface area contributed by atoms with Gasteiger partial charge in [-0.25, -0.2) is 0 Å². The topological polar surface area (TPSA) is 9.23 Å². The summed E-state index contributed by atoms with van der Waals surface area (Å²) in [6.45, 7) is 13.8. The zero-order valence-corrected chi connectivity index (χ0v) is 11.2. The van der Waals surface area contributed by atoms with E-state index in [9.17, 15) is 0 Å². The van der Waals surface area contributed by atoms with Gasteiger partial charge < -0.3 is 4.74 Å². The maximum Gasteiger partial charge on any atom is 0.0524 e. The first-order valence-electron chi connectivity index (χ1n) is 6.45. The molecule has 1 rings (SSSR count). The van der Waals surface area contributed by atoms with Crippen LogP contribution in [0.25, 0.3) is 0 Å². The normalized spacial score (nSPS) is 28.4. The zero-order chi connectivity index (χ0) is 11.5. The smallest absolute Gasteiger partial charge is 0.0524 e. The van der Waals surface area contributed by atoms with Gasteiger partial charge in [0.15, 0.2) is 0 Å². The Labute approximate surface area is 95.6 Å². The SMILES string of the molecule is CC(C)CCC(C)(C)C1(C)CCCOC1. The van der Waals surface area contributed by atoms with Crippen LogP contribution in [0, 0.1) is 16.7 Å². The van der Waals surface area contributed by atoms with E-state index >= 15 is 0 Å². The van der Waals surface area contributed by atoms with E-state index in [2.05, 4.69) is 34.6 Å². The Morgan fingerprint density at radius 3 is 2.47 bits per heavy atom. The lowest BCUT2D eigenvalue weighted by Gasteiger charge is -2.47. The fraction of sp³-hybridized carbons (Fsp3) is 1.00. The summed E-state index contributed by atoms with van der Waals surface area (Å²) < 4.78 is 5.68. The molecule has 0 bridgehead atoms. The highest BCUT2D eigenvalue weighted by Gasteiger charge is 2.41. The van der Waals surface area contributed by atoms with Crippen molar-refractivity contribution in [3.8, 4) is 0 Å². The second-order valence-electron chi connectivity index (χ2n) is 6.53. The van der Waals surface area contributed by atoms with Crippen LogP contribution in [0.5, 0.6) is 0 Å². The number of hydrogen-bond acceptors (Lipinski definition) is 1. The largest absolute Gasteiger partial charge is 0.381 e. The summed E-state index contributed by atoms with van der Waals surface area (Å²) >= 11 is 0. The molecular formula is C14H28O. The molecule has 0 amide bonds. The molecule has 1 fully saturated rings. The molecule has 90 valence electrons. The standard InChI is InChI=1S/C14H28O/c1-12(2)7-9-13(3,4)14(5)8-6-10-15-11-14/h12H,6-11H2,1-5H3. The Balaban J connectivity index is 2.57. The number of ether oxygens (including phenoxy) is 1. The van der Waals surface area contributed by atoms with E-state index in [1.54, 1.807) is 0 Å². The molecule has 0 aromatic heterocycles. The van der Waals surface area contributed by atoms with Crippen molar-refractivity contribution in [2.75, 3.05) is 13.2 Å². The van der Waals surface area contributed by atoms with Gasteiger partial charge in [-0.3, -0.25) is 0 Å². The first-order valence-corrected chi connectivity index (χ1v) is 6.45. The van der Waals surface area contributed by atoms with E-state index in [1.807, 2.05) is 0 Å². The summed E-state index contributed by atoms with van der Waals surface area (Å²) in [5, 5.41) is 0. The van der Waals surface area contributed by atoms with Crippen LogP contribution in [0.4, 0.5) is 0 Å². The molecule has 1 atom stereocenters. The Bertz CT molecular complexity index is 188. The van der Waals surface area contributed by atoms with Gasteiger partial charge in [0, 0.05) is 6.61 Å². The van der Waals surface area contributed by atoms with Gasteiger partial charge in [-0.2, -0.15) is 0 Å². The van der Waals surface area contributed by atoms with Crippen molar-refractivity contribution in [2.45, 2.75) is 60.3 Å². The van der Waals surface area contributed by atoms with Crippen LogP contribution in [0.15, 0.2) is 0 Å². The third-order valence-electron chi connectivity index (χ3n) is 4.42. The number of hydrogen-bond donors (Lipinski definition) is 0. The lowest BCUT2D eigenvalue weighted by atomic mass is 9.61. The quantitative estimate of drug-likeness (QED) is 0.676. The third kappa shape index (κ3) is 3.21. The van der Waals surface area contributed by atoms with Gasteiger partial charge in [0.2, 0.25) is 0 Å². The van der Waals surface area contributed by atoms with E-state index < -0.39 is 0 Å². The van der Waals surface area contributed by atoms with Crippen molar-refractivity contribution >= 4 is 0 Å². The van der Waals surface area contributed by atoms with Gasteiger partial charge in [0.25, 0.3) is 0 Å². The lowest BCUT2D eigenvalue weighted by Crippen LogP contribution is -2.42. The van der Waals surface area contributed by atoms with Crippen molar-refractivity contribution in [2.24, 2.45) is 16.7 Å². The van der Waals surface area contributed by atoms with E-state index in [-0.39, 0.29) is 0 Å². The van der Waals surface area contributed by atoms with E-state index in [0.29, 0.717) is 10.8 Å². The molecule has 0 saturated carbocycles. The van der Waals surface area contributed by atoms with Crippen LogP contribution in [0.1, 0.15) is 60.3 Å². The highest BCUT2D eigenvalue weighted by atomic mass is 16.5. The van der Waals surface area contributed by atoms with Crippen LogP contribution in [-0.2, 0) is 4.74 Å². The molecule has 0 spiro atoms. The predicted molar refractivity (Wildman–Crippen MR) is 66.0 cm³/mol. The maximum absolute atomic E-state index is 5.68. The van der Waals surface area contributed by atoms with Gasteiger partial charge in [0.05, 0.1) is 6.61 Å². The molecule has 1 aliphatic heterocycles. The molecule has 1 heteroatoms. The minimum atomic E-state index is 0.389. The average molecular weight is 212 g/mol. The lowest BCUT2D eigenvalue weighted by molar-refractivity contribution is -0.0695. The van der Waals surface area contributed by atoms with E-state index in [0.717, 1.165) is 19.1 Å². The summed E-state index contributed by atoms with van der Waals surface area (Å²) in [4.78, 5) is 0. The fourth-order valence-electron chi connectivity index (χ4n) is 2.42. The molecule has 0 aromatic carbocycles. The second kappa shape index (κ2) is 4.86. The maximum atomic E-state index is 5.68. The van der Waals surface area contributed by atoms with Crippen LogP contribution >= 0.6 is 0 Å². The highest BCUT2D eigenvalue weighted by Crippen LogP contribution is 2.47. The van der Waals surface area contributed by atoms with E-state index in [1.165, 1.54) is 25.7 Å². The predicted octanol–water partition coefficient (Wildman–Crippen LogP) is 4.27. The monoisotopic (exact) mass is 212 g/mol. The van der Waals surface area contributed by atoms with Crippen LogP contribution in [-0.4, -0.2) is 13.2 Å². The second-order valence-corrected chi connectivity index (χ2v) is 6.53. The molecule has 1 aliphatic rings. The molecule has 0 radical (unpaired) electrons. The molecule has 1 heterocycles. The first kappa shape index (κ1) is 13.0. The van der Waals surface area contributed by atoms with Crippen molar-refractivity contribution in [3.63, 3.8) is 0 Å². The molecule has 1 unspecified atom stereocenters. The number of rotatable bonds is 4. The summed E-state index contributed by atoms with van der Waals surface area (Å²) in [7, 11) is 0. The zero-order valence-electron chi connectivity index (χ0n) is 11.2. The Kier molecular flexibility index (Phi) is 4.22. The minimum Gasteiger partial charge on any atom is -0.381 e. The van der Waals surface area contributed by atoms with Gasteiger partial charge in [-0.1, -0.05) is 41.0 Å². The van der Waals surface area contributed by atoms with Crippen LogP contribution < -0.4 is 0 Å². The molecular weight excluding hydrogens is 184 g/mol. The summed E-state index contributed by atoms with van der Waals surface area (Å²) in [5.41, 5.74) is 0.803. The highest BCUT2D eigenvalue weighted by molar-refractivity contribution is 4.91.